The molecule has 12 heteroatoms. The molecule has 4 bridgehead atoms. The Hall–Kier alpha value is -1.05. The predicted molar refractivity (Wildman–Crippen MR) is 153 cm³/mol. The van der Waals surface area contributed by atoms with E-state index in [2.05, 4.69) is 39.2 Å². The van der Waals surface area contributed by atoms with E-state index >= 15 is 0 Å². The molecule has 1 saturated carbocycles. The Kier molecular flexibility index (Phi) is 8.89. The average molecular weight is 601 g/mol. The lowest BCUT2D eigenvalue weighted by molar-refractivity contribution is -0.190. The molecule has 7 unspecified atom stereocenters. The van der Waals surface area contributed by atoms with E-state index < -0.39 is 11.6 Å². The highest BCUT2D eigenvalue weighted by Gasteiger charge is 2.62. The van der Waals surface area contributed by atoms with Gasteiger partial charge in [0, 0.05) is 43.4 Å². The summed E-state index contributed by atoms with van der Waals surface area (Å²) in [7, 11) is 0. The van der Waals surface area contributed by atoms with E-state index in [1.165, 1.54) is 19.3 Å². The van der Waals surface area contributed by atoms with Crippen LogP contribution >= 0.6 is 11.9 Å². The van der Waals surface area contributed by atoms with E-state index in [9.17, 15) is 13.2 Å². The summed E-state index contributed by atoms with van der Waals surface area (Å²) in [5.74, 6) is 1.49. The Morgan fingerprint density at radius 2 is 1.98 bits per heavy atom. The zero-order valence-electron chi connectivity index (χ0n) is 24.4. The molecule has 4 aliphatic heterocycles. The lowest BCUT2D eigenvalue weighted by Crippen LogP contribution is -2.60. The highest BCUT2D eigenvalue weighted by atomic mass is 32.2. The third-order valence-corrected chi connectivity index (χ3v) is 11.1. The lowest BCUT2D eigenvalue weighted by atomic mass is 9.90. The van der Waals surface area contributed by atoms with E-state index in [-0.39, 0.29) is 50.0 Å². The van der Waals surface area contributed by atoms with Gasteiger partial charge in [-0.15, -0.1) is 5.10 Å². The van der Waals surface area contributed by atoms with Crippen LogP contribution in [0, 0.1) is 17.3 Å². The first-order valence-corrected chi connectivity index (χ1v) is 16.5. The van der Waals surface area contributed by atoms with Gasteiger partial charge in [0.2, 0.25) is 5.88 Å². The van der Waals surface area contributed by atoms with Gasteiger partial charge < -0.3 is 9.47 Å². The number of hydrogen-bond donors (Lipinski definition) is 3. The number of hydrogen-bond acceptors (Lipinski definition) is 8. The maximum Gasteiger partial charge on any atom is 0.394 e. The van der Waals surface area contributed by atoms with Crippen LogP contribution in [0.4, 0.5) is 13.2 Å². The lowest BCUT2D eigenvalue weighted by Gasteiger charge is -2.47. The van der Waals surface area contributed by atoms with Crippen molar-refractivity contribution in [1.29, 1.82) is 0 Å². The van der Waals surface area contributed by atoms with Gasteiger partial charge in [-0.1, -0.05) is 11.9 Å². The van der Waals surface area contributed by atoms with Gasteiger partial charge in [0.15, 0.2) is 0 Å². The molecule has 5 heterocycles. The van der Waals surface area contributed by atoms with Crippen molar-refractivity contribution in [3.8, 4) is 5.88 Å². The largest absolute Gasteiger partial charge is 0.477 e. The van der Waals surface area contributed by atoms with Gasteiger partial charge in [-0.2, -0.15) is 13.2 Å². The molecule has 0 spiro atoms. The van der Waals surface area contributed by atoms with Crippen molar-refractivity contribution in [3.05, 3.63) is 12.3 Å². The molecule has 41 heavy (non-hydrogen) atoms. The molecule has 0 aromatic carbocycles. The summed E-state index contributed by atoms with van der Waals surface area (Å²) in [4.78, 5) is 2.69. The molecule has 1 aromatic rings. The van der Waals surface area contributed by atoms with Crippen LogP contribution in [0.1, 0.15) is 90.6 Å². The number of ether oxygens (including phenoxy) is 2. The monoisotopic (exact) mass is 600 g/mol. The molecule has 1 aromatic heterocycles. The van der Waals surface area contributed by atoms with Gasteiger partial charge in [0.25, 0.3) is 0 Å². The van der Waals surface area contributed by atoms with Crippen LogP contribution in [0.2, 0.25) is 0 Å². The fourth-order valence-electron chi connectivity index (χ4n) is 7.50. The molecular weight excluding hydrogens is 553 g/mol. The topological polar surface area (TPSA) is 75.6 Å². The Morgan fingerprint density at radius 1 is 1.12 bits per heavy atom. The van der Waals surface area contributed by atoms with Crippen LogP contribution in [0.3, 0.4) is 0 Å². The summed E-state index contributed by atoms with van der Waals surface area (Å²) in [5, 5.41) is 12.6. The van der Waals surface area contributed by atoms with Crippen molar-refractivity contribution >= 4 is 11.9 Å². The third-order valence-electron chi connectivity index (χ3n) is 10.1. The molecule has 1 aliphatic carbocycles. The van der Waals surface area contributed by atoms with Gasteiger partial charge in [0.1, 0.15) is 12.4 Å². The van der Waals surface area contributed by atoms with E-state index in [0.717, 1.165) is 51.8 Å². The summed E-state index contributed by atoms with van der Waals surface area (Å²) >= 11 is 1.81. The van der Waals surface area contributed by atoms with E-state index in [1.54, 1.807) is 18.0 Å². The smallest absolute Gasteiger partial charge is 0.394 e. The van der Waals surface area contributed by atoms with Gasteiger partial charge >= 0.3 is 6.18 Å². The summed E-state index contributed by atoms with van der Waals surface area (Å²) in [6.07, 6.45) is 7.38. The van der Waals surface area contributed by atoms with Gasteiger partial charge in [-0.3, -0.25) is 24.9 Å². The second-order valence-corrected chi connectivity index (χ2v) is 14.7. The maximum absolute atomic E-state index is 13.3. The predicted octanol–water partition coefficient (Wildman–Crippen LogP) is 5.39. The number of aromatic nitrogens is 2. The zero-order valence-corrected chi connectivity index (χ0v) is 25.2. The minimum Gasteiger partial charge on any atom is -0.477 e. The van der Waals surface area contributed by atoms with Crippen LogP contribution in [0.15, 0.2) is 12.3 Å². The average Bonchev–Trinajstić information content (AvgIpc) is 3.48. The van der Waals surface area contributed by atoms with Gasteiger partial charge in [-0.25, -0.2) is 0 Å². The summed E-state index contributed by atoms with van der Waals surface area (Å²) in [6.45, 7) is 7.59. The quantitative estimate of drug-likeness (QED) is 0.389. The number of fused-ring (bicyclic) bond motifs is 6. The molecule has 0 radical (unpaired) electrons. The van der Waals surface area contributed by atoms with E-state index in [0.29, 0.717) is 23.1 Å². The third kappa shape index (κ3) is 6.87. The Balaban J connectivity index is 1.11. The number of rotatable bonds is 5. The molecule has 232 valence electrons. The molecule has 8 nitrogen and oxygen atoms in total. The van der Waals surface area contributed by atoms with Crippen molar-refractivity contribution in [2.75, 3.05) is 26.3 Å². The summed E-state index contributed by atoms with van der Waals surface area (Å²) < 4.78 is 57.4. The van der Waals surface area contributed by atoms with Crippen molar-refractivity contribution in [2.45, 2.75) is 120 Å². The summed E-state index contributed by atoms with van der Waals surface area (Å²) in [5.41, 5.74) is -1.46. The first-order valence-electron chi connectivity index (χ1n) is 15.7. The molecule has 3 N–H and O–H groups in total. The van der Waals surface area contributed by atoms with Crippen LogP contribution in [0.25, 0.3) is 0 Å². The second kappa shape index (κ2) is 12.1. The van der Waals surface area contributed by atoms with Crippen LogP contribution in [-0.4, -0.2) is 70.5 Å². The highest BCUT2D eigenvalue weighted by molar-refractivity contribution is 7.98. The fourth-order valence-corrected chi connectivity index (χ4v) is 8.51. The molecule has 6 rings (SSSR count). The fraction of sp³-hybridized carbons (Fsp3) is 0.897. The Bertz CT molecular complexity index is 1020. The molecule has 5 fully saturated rings. The minimum absolute atomic E-state index is 0.00578. The maximum atomic E-state index is 13.3. The number of piperidine rings is 2. The number of alkyl halides is 3. The number of halogens is 3. The van der Waals surface area contributed by atoms with Crippen molar-refractivity contribution in [1.82, 2.24) is 30.0 Å². The van der Waals surface area contributed by atoms with Gasteiger partial charge in [-0.05, 0) is 90.4 Å². The van der Waals surface area contributed by atoms with Crippen molar-refractivity contribution < 1.29 is 22.6 Å². The zero-order chi connectivity index (χ0) is 28.7. The molecule has 4 saturated heterocycles. The highest BCUT2D eigenvalue weighted by Crippen LogP contribution is 2.59. The first kappa shape index (κ1) is 30.0. The second-order valence-electron chi connectivity index (χ2n) is 13.6. The number of nitrogens with zero attached hydrogens (tertiary/aromatic N) is 3. The molecule has 7 atom stereocenters. The van der Waals surface area contributed by atoms with Crippen LogP contribution < -0.4 is 20.1 Å². The van der Waals surface area contributed by atoms with Crippen molar-refractivity contribution in [2.24, 2.45) is 17.3 Å². The molecule has 5 aliphatic rings. The molecule has 0 amide bonds. The normalized spacial score (nSPS) is 37.4. The standard InChI is InChI=1S/C29H47F3N6O2S/c1-27(2)17-20-5-4-15-39-23-6-3-7-25(35-23)41-33-18-21-8-9-22(34-26(21)37(27)19-20)38-14-10-24(36-38)40-16-13-28(11-12-28)29(30,31)32/h10,14,20-23,25-26,33-35H,3-9,11-13,15-19H2,1-2H3. The number of nitrogens with one attached hydrogen (secondary N) is 3. The van der Waals surface area contributed by atoms with Crippen LogP contribution in [-0.2, 0) is 4.74 Å². The van der Waals surface area contributed by atoms with Gasteiger partial charge in [0.05, 0.1) is 23.6 Å². The van der Waals surface area contributed by atoms with E-state index in [1.807, 2.05) is 10.9 Å². The Labute approximate surface area is 246 Å². The van der Waals surface area contributed by atoms with E-state index in [4.69, 9.17) is 9.47 Å². The Morgan fingerprint density at radius 3 is 2.78 bits per heavy atom. The SMILES string of the molecule is CC1(C)CC2CCCOC3CCCC(N3)SNCC3CCC(n4ccc(OCCC5(C(F)(F)F)CC5)n4)NC3N1C2. The first-order chi connectivity index (χ1) is 19.6. The van der Waals surface area contributed by atoms with Crippen LogP contribution in [0.5, 0.6) is 5.88 Å². The molecular formula is C29H47F3N6O2S. The van der Waals surface area contributed by atoms with Crippen molar-refractivity contribution in [3.63, 3.8) is 0 Å². The minimum atomic E-state index is -4.15. The summed E-state index contributed by atoms with van der Waals surface area (Å²) in [6, 6.07) is 1.78.